The van der Waals surface area contributed by atoms with Crippen molar-refractivity contribution in [3.05, 3.63) is 34.9 Å². The molecule has 0 spiro atoms. The topological polar surface area (TPSA) is 76.4 Å². The van der Waals surface area contributed by atoms with Gasteiger partial charge >= 0.3 is 0 Å². The van der Waals surface area contributed by atoms with E-state index in [4.69, 9.17) is 4.74 Å². The number of aliphatic hydroxyl groups excluding tert-OH is 1. The molecular formula is C15H20ClN3O3. The van der Waals surface area contributed by atoms with Gasteiger partial charge in [-0.3, -0.25) is 9.36 Å². The number of β-amino-alcohol motifs (C(OH)–C–C–N with tert-alkyl or cyclic N) is 1. The molecular weight excluding hydrogens is 306 g/mol. The smallest absolute Gasteiger partial charge is 0.261 e. The number of halogens is 1. The molecule has 0 unspecified atom stereocenters. The minimum Gasteiger partial charge on any atom is -0.497 e. The van der Waals surface area contributed by atoms with Gasteiger partial charge in [-0.05, 0) is 31.2 Å². The summed E-state index contributed by atoms with van der Waals surface area (Å²) in [5.41, 5.74) is 0.563. The van der Waals surface area contributed by atoms with Crippen molar-refractivity contribution in [1.82, 2.24) is 14.9 Å². The molecule has 6 nitrogen and oxygen atoms in total. The first-order chi connectivity index (χ1) is 10.2. The number of hydrogen-bond donors (Lipinski definition) is 2. The normalized spacial score (nSPS) is 21.4. The Morgan fingerprint density at radius 2 is 2.32 bits per heavy atom. The van der Waals surface area contributed by atoms with E-state index in [1.807, 2.05) is 0 Å². The molecule has 1 aliphatic rings. The van der Waals surface area contributed by atoms with Gasteiger partial charge < -0.3 is 15.2 Å². The van der Waals surface area contributed by atoms with Crippen LogP contribution in [0.15, 0.2) is 29.3 Å². The number of rotatable bonds is 3. The number of benzene rings is 1. The van der Waals surface area contributed by atoms with Gasteiger partial charge in [0.2, 0.25) is 0 Å². The fraction of sp³-hybridized carbons (Fsp3) is 0.467. The van der Waals surface area contributed by atoms with Crippen LogP contribution in [0.4, 0.5) is 0 Å². The molecule has 7 heteroatoms. The maximum atomic E-state index is 12.5. The van der Waals surface area contributed by atoms with Crippen LogP contribution >= 0.6 is 12.4 Å². The molecule has 120 valence electrons. The van der Waals surface area contributed by atoms with Crippen molar-refractivity contribution < 1.29 is 9.84 Å². The van der Waals surface area contributed by atoms with Crippen molar-refractivity contribution >= 4 is 23.3 Å². The van der Waals surface area contributed by atoms with Crippen LogP contribution in [-0.4, -0.2) is 41.0 Å². The van der Waals surface area contributed by atoms with Gasteiger partial charge in [0.25, 0.3) is 5.56 Å². The first kappa shape index (κ1) is 16.7. The molecule has 1 aromatic carbocycles. The molecule has 0 saturated carbocycles. The summed E-state index contributed by atoms with van der Waals surface area (Å²) in [6, 6.07) is 5.27. The van der Waals surface area contributed by atoms with E-state index in [1.54, 1.807) is 36.2 Å². The highest BCUT2D eigenvalue weighted by atomic mass is 35.5. The van der Waals surface area contributed by atoms with Gasteiger partial charge in [-0.25, -0.2) is 4.98 Å². The van der Waals surface area contributed by atoms with Gasteiger partial charge in [0.1, 0.15) is 5.75 Å². The molecule has 22 heavy (non-hydrogen) atoms. The maximum Gasteiger partial charge on any atom is 0.261 e. The van der Waals surface area contributed by atoms with Crippen LogP contribution in [0.25, 0.3) is 10.9 Å². The van der Waals surface area contributed by atoms with Gasteiger partial charge in [-0.2, -0.15) is 0 Å². The van der Waals surface area contributed by atoms with E-state index in [2.05, 4.69) is 10.3 Å². The zero-order valence-electron chi connectivity index (χ0n) is 12.4. The molecule has 1 aliphatic heterocycles. The standard InChI is InChI=1S/C15H19N3O3.ClH/c1-21-11-2-3-13-12(6-11)15(20)18(9-17-13)8-10-4-5-16-7-14(10)19;/h2-3,6,9-10,14,16,19H,4-5,7-8H2,1H3;1H/t10-,14+;/m0./s1. The van der Waals surface area contributed by atoms with Gasteiger partial charge in [-0.1, -0.05) is 0 Å². The van der Waals surface area contributed by atoms with Crippen molar-refractivity contribution in [2.75, 3.05) is 20.2 Å². The van der Waals surface area contributed by atoms with Crippen molar-refractivity contribution in [3.8, 4) is 5.75 Å². The van der Waals surface area contributed by atoms with E-state index in [-0.39, 0.29) is 23.9 Å². The summed E-state index contributed by atoms with van der Waals surface area (Å²) in [5.74, 6) is 0.717. The quantitative estimate of drug-likeness (QED) is 0.873. The summed E-state index contributed by atoms with van der Waals surface area (Å²) in [6.07, 6.45) is 1.99. The maximum absolute atomic E-state index is 12.5. The molecule has 0 amide bonds. The van der Waals surface area contributed by atoms with Crippen LogP contribution in [-0.2, 0) is 6.54 Å². The van der Waals surface area contributed by atoms with Gasteiger partial charge in [0, 0.05) is 19.0 Å². The highest BCUT2D eigenvalue weighted by Gasteiger charge is 2.23. The molecule has 2 atom stereocenters. The predicted octanol–water partition coefficient (Wildman–Crippen LogP) is 0.797. The second-order valence-corrected chi connectivity index (χ2v) is 5.41. The number of aromatic nitrogens is 2. The molecule has 0 radical (unpaired) electrons. The number of ether oxygens (including phenoxy) is 1. The number of fused-ring (bicyclic) bond motifs is 1. The Hall–Kier alpha value is -1.63. The predicted molar refractivity (Wildman–Crippen MR) is 86.8 cm³/mol. The van der Waals surface area contributed by atoms with Crippen LogP contribution in [0.1, 0.15) is 6.42 Å². The van der Waals surface area contributed by atoms with E-state index < -0.39 is 6.10 Å². The minimum absolute atomic E-state index is 0. The summed E-state index contributed by atoms with van der Waals surface area (Å²) in [4.78, 5) is 16.9. The second kappa shape index (κ2) is 7.09. The van der Waals surface area contributed by atoms with Crippen LogP contribution in [0.5, 0.6) is 5.75 Å². The Morgan fingerprint density at radius 3 is 3.05 bits per heavy atom. The Morgan fingerprint density at radius 1 is 1.50 bits per heavy atom. The second-order valence-electron chi connectivity index (χ2n) is 5.41. The van der Waals surface area contributed by atoms with Crippen molar-refractivity contribution in [3.63, 3.8) is 0 Å². The lowest BCUT2D eigenvalue weighted by atomic mass is 9.95. The Labute approximate surface area is 134 Å². The van der Waals surface area contributed by atoms with Crippen molar-refractivity contribution in [2.45, 2.75) is 19.1 Å². The summed E-state index contributed by atoms with van der Waals surface area (Å²) in [6.45, 7) is 1.93. The van der Waals surface area contributed by atoms with Crippen molar-refractivity contribution in [1.29, 1.82) is 0 Å². The Kier molecular flexibility index (Phi) is 5.39. The Bertz CT molecular complexity index is 704. The number of methoxy groups -OCH3 is 1. The number of nitrogens with one attached hydrogen (secondary N) is 1. The van der Waals surface area contributed by atoms with E-state index in [1.165, 1.54) is 0 Å². The zero-order valence-corrected chi connectivity index (χ0v) is 13.2. The van der Waals surface area contributed by atoms with Gasteiger partial charge in [-0.15, -0.1) is 12.4 Å². The number of nitrogens with zero attached hydrogens (tertiary/aromatic N) is 2. The van der Waals surface area contributed by atoms with E-state index in [0.29, 0.717) is 29.7 Å². The first-order valence-electron chi connectivity index (χ1n) is 7.11. The van der Waals surface area contributed by atoms with E-state index >= 15 is 0 Å². The molecule has 1 saturated heterocycles. The summed E-state index contributed by atoms with van der Waals surface area (Å²) >= 11 is 0. The minimum atomic E-state index is -0.424. The lowest BCUT2D eigenvalue weighted by Crippen LogP contribution is -2.43. The average molecular weight is 326 g/mol. The number of piperidine rings is 1. The van der Waals surface area contributed by atoms with E-state index in [9.17, 15) is 9.90 Å². The third-order valence-corrected chi connectivity index (χ3v) is 4.05. The molecule has 2 heterocycles. The fourth-order valence-electron chi connectivity index (χ4n) is 2.76. The lowest BCUT2D eigenvalue weighted by Gasteiger charge is -2.28. The van der Waals surface area contributed by atoms with Gasteiger partial charge in [0.15, 0.2) is 0 Å². The fourth-order valence-corrected chi connectivity index (χ4v) is 2.76. The van der Waals surface area contributed by atoms with Crippen LogP contribution in [0.3, 0.4) is 0 Å². The number of aliphatic hydroxyl groups is 1. The van der Waals surface area contributed by atoms with Gasteiger partial charge in [0.05, 0.1) is 30.4 Å². The molecule has 1 fully saturated rings. The largest absolute Gasteiger partial charge is 0.497 e. The van der Waals surface area contributed by atoms with Crippen LogP contribution in [0.2, 0.25) is 0 Å². The average Bonchev–Trinajstić information content (AvgIpc) is 2.52. The SMILES string of the molecule is COc1ccc2ncn(C[C@@H]3CCNC[C@H]3O)c(=O)c2c1.Cl. The molecule has 0 aliphatic carbocycles. The van der Waals surface area contributed by atoms with Crippen LogP contribution < -0.4 is 15.6 Å². The molecule has 3 rings (SSSR count). The summed E-state index contributed by atoms with van der Waals surface area (Å²) in [7, 11) is 1.57. The third-order valence-electron chi connectivity index (χ3n) is 4.05. The molecule has 2 aromatic rings. The zero-order chi connectivity index (χ0) is 14.8. The van der Waals surface area contributed by atoms with Crippen molar-refractivity contribution in [2.24, 2.45) is 5.92 Å². The highest BCUT2D eigenvalue weighted by molar-refractivity contribution is 5.85. The summed E-state index contributed by atoms with van der Waals surface area (Å²) in [5, 5.41) is 13.7. The van der Waals surface area contributed by atoms with Crippen LogP contribution in [0, 0.1) is 5.92 Å². The highest BCUT2D eigenvalue weighted by Crippen LogP contribution is 2.17. The molecule has 2 N–H and O–H groups in total. The summed E-state index contributed by atoms with van der Waals surface area (Å²) < 4.78 is 6.74. The molecule has 1 aromatic heterocycles. The van der Waals surface area contributed by atoms with E-state index in [0.717, 1.165) is 13.0 Å². The molecule has 0 bridgehead atoms. The number of hydrogen-bond acceptors (Lipinski definition) is 5. The third kappa shape index (κ3) is 3.24. The monoisotopic (exact) mass is 325 g/mol. The lowest BCUT2D eigenvalue weighted by molar-refractivity contribution is 0.0717. The first-order valence-corrected chi connectivity index (χ1v) is 7.11. The Balaban J connectivity index is 0.00000176.